The topological polar surface area (TPSA) is 117 Å². The molecule has 4 aromatic rings. The number of benzene rings is 3. The van der Waals surface area contributed by atoms with Crippen molar-refractivity contribution >= 4 is 16.8 Å². The molecule has 1 amide bonds. The summed E-state index contributed by atoms with van der Waals surface area (Å²) < 4.78 is 2.68. The van der Waals surface area contributed by atoms with Gasteiger partial charge in [0.05, 0.1) is 29.1 Å². The predicted molar refractivity (Wildman–Crippen MR) is 122 cm³/mol. The normalized spacial score (nSPS) is 10.7. The summed E-state index contributed by atoms with van der Waals surface area (Å²) in [5.41, 5.74) is 3.39. The number of aryl methyl sites for hydroxylation is 1. The molecular weight excluding hydrogens is 420 g/mol. The monoisotopic (exact) mass is 440 g/mol. The van der Waals surface area contributed by atoms with Gasteiger partial charge in [-0.1, -0.05) is 42.5 Å². The highest BCUT2D eigenvalue weighted by molar-refractivity contribution is 5.93. The van der Waals surface area contributed by atoms with Crippen LogP contribution in [0.15, 0.2) is 82.4 Å². The predicted octanol–water partition coefficient (Wildman–Crippen LogP) is 2.44. The number of nitrogens with one attached hydrogen (secondary N) is 1. The SMILES string of the molecule is N#Cc1ccc2c(=O)n(CCc3ccccc3)c(=O)n(Cc3ccc(C(=O)NO)cc3)c2c1. The highest BCUT2D eigenvalue weighted by Gasteiger charge is 2.15. The van der Waals surface area contributed by atoms with Crippen molar-refractivity contribution in [3.63, 3.8) is 0 Å². The minimum Gasteiger partial charge on any atom is -0.289 e. The van der Waals surface area contributed by atoms with E-state index in [9.17, 15) is 19.6 Å². The van der Waals surface area contributed by atoms with E-state index in [2.05, 4.69) is 0 Å². The van der Waals surface area contributed by atoms with Crippen LogP contribution in [0.2, 0.25) is 0 Å². The summed E-state index contributed by atoms with van der Waals surface area (Å²) in [7, 11) is 0. The zero-order chi connectivity index (χ0) is 23.4. The van der Waals surface area contributed by atoms with Crippen molar-refractivity contribution in [1.82, 2.24) is 14.6 Å². The Morgan fingerprint density at radius 2 is 1.67 bits per heavy atom. The molecule has 2 N–H and O–H groups in total. The van der Waals surface area contributed by atoms with E-state index < -0.39 is 17.2 Å². The average molecular weight is 440 g/mol. The number of hydrogen-bond acceptors (Lipinski definition) is 5. The molecule has 8 nitrogen and oxygen atoms in total. The van der Waals surface area contributed by atoms with Gasteiger partial charge in [0.2, 0.25) is 0 Å². The maximum absolute atomic E-state index is 13.4. The van der Waals surface area contributed by atoms with E-state index in [1.54, 1.807) is 29.7 Å². The Morgan fingerprint density at radius 1 is 0.939 bits per heavy atom. The van der Waals surface area contributed by atoms with Gasteiger partial charge >= 0.3 is 5.69 Å². The summed E-state index contributed by atoms with van der Waals surface area (Å²) in [6.07, 6.45) is 0.517. The second-order valence-electron chi connectivity index (χ2n) is 7.54. The molecule has 0 atom stereocenters. The molecule has 0 aliphatic rings. The number of amides is 1. The van der Waals surface area contributed by atoms with E-state index in [0.29, 0.717) is 28.5 Å². The van der Waals surface area contributed by atoms with Crippen LogP contribution < -0.4 is 16.7 Å². The van der Waals surface area contributed by atoms with Crippen molar-refractivity contribution in [2.24, 2.45) is 0 Å². The van der Waals surface area contributed by atoms with Crippen molar-refractivity contribution in [3.8, 4) is 6.07 Å². The maximum atomic E-state index is 13.4. The molecule has 0 saturated heterocycles. The van der Waals surface area contributed by atoms with Crippen molar-refractivity contribution in [2.45, 2.75) is 19.5 Å². The minimum absolute atomic E-state index is 0.136. The first-order valence-corrected chi connectivity index (χ1v) is 10.3. The summed E-state index contributed by atoms with van der Waals surface area (Å²) in [4.78, 5) is 38.1. The van der Waals surface area contributed by atoms with Crippen LogP contribution in [0.3, 0.4) is 0 Å². The molecule has 0 saturated carbocycles. The zero-order valence-electron chi connectivity index (χ0n) is 17.6. The molecular formula is C25H20N4O4. The standard InChI is InChI=1S/C25H20N4O4/c26-15-19-8-11-21-22(14-19)29(16-18-6-9-20(10-7-18)23(30)27-33)25(32)28(24(21)31)13-12-17-4-2-1-3-5-17/h1-11,14,33H,12-13,16H2,(H,27,30). The van der Waals surface area contributed by atoms with Gasteiger partial charge in [-0.05, 0) is 47.9 Å². The Morgan fingerprint density at radius 3 is 2.33 bits per heavy atom. The molecule has 0 unspecified atom stereocenters. The second kappa shape index (κ2) is 9.34. The number of rotatable bonds is 6. The van der Waals surface area contributed by atoms with Crippen LogP contribution in [0.5, 0.6) is 0 Å². The number of hydroxylamine groups is 1. The Balaban J connectivity index is 1.80. The molecule has 33 heavy (non-hydrogen) atoms. The van der Waals surface area contributed by atoms with Crippen molar-refractivity contribution in [1.29, 1.82) is 5.26 Å². The quantitative estimate of drug-likeness (QED) is 0.353. The van der Waals surface area contributed by atoms with Crippen molar-refractivity contribution in [2.75, 3.05) is 0 Å². The van der Waals surface area contributed by atoms with Crippen molar-refractivity contribution < 1.29 is 10.0 Å². The van der Waals surface area contributed by atoms with Crippen LogP contribution in [-0.2, 0) is 19.5 Å². The van der Waals surface area contributed by atoms with Crippen LogP contribution in [0, 0.1) is 11.3 Å². The van der Waals surface area contributed by atoms with E-state index in [1.807, 2.05) is 36.4 Å². The summed E-state index contributed by atoms with van der Waals surface area (Å²) in [6, 6.07) is 22.7. The van der Waals surface area contributed by atoms with Crippen molar-refractivity contribution in [3.05, 3.63) is 116 Å². The first kappa shape index (κ1) is 21.7. The Hall–Kier alpha value is -4.48. The van der Waals surface area contributed by atoms with E-state index in [-0.39, 0.29) is 18.7 Å². The van der Waals surface area contributed by atoms with Gasteiger partial charge in [-0.3, -0.25) is 23.9 Å². The first-order chi connectivity index (χ1) is 16.0. The highest BCUT2D eigenvalue weighted by atomic mass is 16.5. The van der Waals surface area contributed by atoms with Gasteiger partial charge in [0, 0.05) is 12.1 Å². The van der Waals surface area contributed by atoms with E-state index in [0.717, 1.165) is 5.56 Å². The molecule has 0 aliphatic carbocycles. The number of hydrogen-bond donors (Lipinski definition) is 2. The molecule has 0 radical (unpaired) electrons. The number of carbonyl (C=O) groups is 1. The summed E-state index contributed by atoms with van der Waals surface area (Å²) in [5, 5.41) is 18.4. The molecule has 3 aromatic carbocycles. The minimum atomic E-state index is -0.641. The molecule has 1 heterocycles. The lowest BCUT2D eigenvalue weighted by atomic mass is 10.1. The van der Waals surface area contributed by atoms with Gasteiger partial charge in [0.25, 0.3) is 11.5 Å². The van der Waals surface area contributed by atoms with Crippen LogP contribution in [0.25, 0.3) is 10.9 Å². The lowest BCUT2D eigenvalue weighted by molar-refractivity contribution is 0.0706. The maximum Gasteiger partial charge on any atom is 0.331 e. The number of aromatic nitrogens is 2. The summed E-state index contributed by atoms with van der Waals surface area (Å²) >= 11 is 0. The molecule has 0 spiro atoms. The fraction of sp³-hybridized carbons (Fsp3) is 0.120. The largest absolute Gasteiger partial charge is 0.331 e. The fourth-order valence-corrected chi connectivity index (χ4v) is 3.73. The Bertz CT molecular complexity index is 1480. The molecule has 164 valence electrons. The van der Waals surface area contributed by atoms with Gasteiger partial charge in [-0.15, -0.1) is 0 Å². The first-order valence-electron chi connectivity index (χ1n) is 10.3. The van der Waals surface area contributed by atoms with Crippen LogP contribution in [0.4, 0.5) is 0 Å². The third-order valence-corrected chi connectivity index (χ3v) is 5.48. The van der Waals surface area contributed by atoms with Gasteiger partial charge in [-0.2, -0.15) is 5.26 Å². The Labute approximate surface area is 188 Å². The second-order valence-corrected chi connectivity index (χ2v) is 7.54. The number of carbonyl (C=O) groups excluding carboxylic acids is 1. The van der Waals surface area contributed by atoms with Gasteiger partial charge < -0.3 is 0 Å². The van der Waals surface area contributed by atoms with Gasteiger partial charge in [0.1, 0.15) is 0 Å². The fourth-order valence-electron chi connectivity index (χ4n) is 3.73. The molecule has 4 rings (SSSR count). The third-order valence-electron chi connectivity index (χ3n) is 5.48. The Kier molecular flexibility index (Phi) is 6.15. The molecule has 0 bridgehead atoms. The van der Waals surface area contributed by atoms with Crippen LogP contribution in [-0.4, -0.2) is 20.2 Å². The lowest BCUT2D eigenvalue weighted by Gasteiger charge is -2.15. The third kappa shape index (κ3) is 4.44. The summed E-state index contributed by atoms with van der Waals surface area (Å²) in [6.45, 7) is 0.351. The van der Waals surface area contributed by atoms with Gasteiger partial charge in [-0.25, -0.2) is 10.3 Å². The molecule has 1 aromatic heterocycles. The van der Waals surface area contributed by atoms with Crippen LogP contribution >= 0.6 is 0 Å². The van der Waals surface area contributed by atoms with E-state index in [1.165, 1.54) is 27.3 Å². The zero-order valence-corrected chi connectivity index (χ0v) is 17.6. The lowest BCUT2D eigenvalue weighted by Crippen LogP contribution is -2.40. The van der Waals surface area contributed by atoms with E-state index in [4.69, 9.17) is 5.21 Å². The van der Waals surface area contributed by atoms with Gasteiger partial charge in [0.15, 0.2) is 0 Å². The molecule has 0 aliphatic heterocycles. The van der Waals surface area contributed by atoms with E-state index >= 15 is 0 Å². The molecule has 8 heteroatoms. The van der Waals surface area contributed by atoms with Crippen LogP contribution in [0.1, 0.15) is 27.0 Å². The smallest absolute Gasteiger partial charge is 0.289 e. The number of fused-ring (bicyclic) bond motifs is 1. The number of nitrogens with zero attached hydrogens (tertiary/aromatic N) is 3. The summed E-state index contributed by atoms with van der Waals surface area (Å²) in [5.74, 6) is -0.641. The number of nitriles is 1. The average Bonchev–Trinajstić information content (AvgIpc) is 2.86. The highest BCUT2D eigenvalue weighted by Crippen LogP contribution is 2.14. The molecule has 0 fully saturated rings.